The number of likely N-dealkylation sites (tertiary alicyclic amines) is 1. The number of aliphatic hydroxyl groups is 1. The zero-order valence-corrected chi connectivity index (χ0v) is 22.8. The van der Waals surface area contributed by atoms with Crippen molar-refractivity contribution in [2.45, 2.75) is 45.8 Å². The zero-order chi connectivity index (χ0) is 27.4. The minimum absolute atomic E-state index is 0.143. The molecule has 2 aromatic rings. The van der Waals surface area contributed by atoms with Gasteiger partial charge in [0.05, 0.1) is 16.9 Å². The zero-order valence-electron chi connectivity index (χ0n) is 22.0. The third-order valence-corrected chi connectivity index (χ3v) is 7.28. The van der Waals surface area contributed by atoms with Crippen molar-refractivity contribution in [3.05, 3.63) is 64.7 Å². The normalized spacial score (nSPS) is 19.8. The number of methoxy groups -OCH3 is 1. The van der Waals surface area contributed by atoms with Gasteiger partial charge in [0.1, 0.15) is 12.6 Å². The SMILES string of the molecule is COCC(=O)Nc1ccccc1C(=O)N[C@@H](C(=O)N1CC[C@](O)(c2ccc(Cl)cc2)C(C)(C)C1)C(C)C. The Labute approximate surface area is 223 Å². The fraction of sp³-hybridized carbons (Fsp3) is 0.464. The molecular formula is C28H36ClN3O5. The second-order valence-electron chi connectivity index (χ2n) is 10.5. The van der Waals surface area contributed by atoms with Crippen LogP contribution in [0.25, 0.3) is 0 Å². The van der Waals surface area contributed by atoms with Gasteiger partial charge in [0.15, 0.2) is 0 Å². The summed E-state index contributed by atoms with van der Waals surface area (Å²) in [6.07, 6.45) is 0.348. The largest absolute Gasteiger partial charge is 0.384 e. The number of hydrogen-bond donors (Lipinski definition) is 3. The fourth-order valence-corrected chi connectivity index (χ4v) is 4.93. The smallest absolute Gasteiger partial charge is 0.254 e. The van der Waals surface area contributed by atoms with Crippen LogP contribution in [-0.4, -0.2) is 60.6 Å². The van der Waals surface area contributed by atoms with Crippen LogP contribution >= 0.6 is 11.6 Å². The Morgan fingerprint density at radius 2 is 1.76 bits per heavy atom. The number of nitrogens with one attached hydrogen (secondary N) is 2. The van der Waals surface area contributed by atoms with Gasteiger partial charge < -0.3 is 25.4 Å². The molecule has 1 heterocycles. The minimum atomic E-state index is -1.13. The highest BCUT2D eigenvalue weighted by molar-refractivity contribution is 6.30. The standard InChI is InChI=1S/C28H36ClN3O5/c1-18(2)24(31-25(34)21-8-6-7-9-22(21)30-23(33)16-37-5)26(35)32-15-14-28(36,27(3,4)17-32)19-10-12-20(29)13-11-19/h6-13,18,24,36H,14-17H2,1-5H3,(H,30,33)(H,31,34)/t24-,28+/m1/s1. The molecule has 1 aliphatic heterocycles. The summed E-state index contributed by atoms with van der Waals surface area (Å²) in [7, 11) is 1.41. The molecule has 2 atom stereocenters. The molecule has 8 nitrogen and oxygen atoms in total. The van der Waals surface area contributed by atoms with Gasteiger partial charge in [0.25, 0.3) is 5.91 Å². The van der Waals surface area contributed by atoms with E-state index in [4.69, 9.17) is 16.3 Å². The van der Waals surface area contributed by atoms with Gasteiger partial charge >= 0.3 is 0 Å². The second kappa shape index (κ2) is 11.6. The van der Waals surface area contributed by atoms with Gasteiger partial charge in [-0.1, -0.05) is 63.6 Å². The number of nitrogens with zero attached hydrogens (tertiary/aromatic N) is 1. The second-order valence-corrected chi connectivity index (χ2v) is 10.9. The van der Waals surface area contributed by atoms with Crippen molar-refractivity contribution < 1.29 is 24.2 Å². The van der Waals surface area contributed by atoms with E-state index in [1.165, 1.54) is 7.11 Å². The number of carbonyl (C=O) groups excluding carboxylic acids is 3. The molecule has 3 amide bonds. The first kappa shape index (κ1) is 28.6. The van der Waals surface area contributed by atoms with E-state index in [0.29, 0.717) is 30.2 Å². The van der Waals surface area contributed by atoms with Crippen LogP contribution < -0.4 is 10.6 Å². The number of carbonyl (C=O) groups is 3. The molecule has 0 spiro atoms. The van der Waals surface area contributed by atoms with E-state index < -0.39 is 23.0 Å². The van der Waals surface area contributed by atoms with Crippen molar-refractivity contribution >= 4 is 35.0 Å². The quantitative estimate of drug-likeness (QED) is 0.482. The first-order valence-electron chi connectivity index (χ1n) is 12.4. The minimum Gasteiger partial charge on any atom is -0.384 e. The van der Waals surface area contributed by atoms with Gasteiger partial charge in [-0.2, -0.15) is 0 Å². The summed E-state index contributed by atoms with van der Waals surface area (Å²) >= 11 is 6.04. The maximum absolute atomic E-state index is 13.7. The lowest BCUT2D eigenvalue weighted by molar-refractivity contribution is -0.155. The third-order valence-electron chi connectivity index (χ3n) is 7.02. The Morgan fingerprint density at radius 1 is 1.11 bits per heavy atom. The summed E-state index contributed by atoms with van der Waals surface area (Å²) in [6, 6.07) is 13.0. The first-order valence-corrected chi connectivity index (χ1v) is 12.7. The average molecular weight is 530 g/mol. The number of para-hydroxylation sites is 1. The van der Waals surface area contributed by atoms with Gasteiger partial charge in [-0.05, 0) is 42.2 Å². The molecule has 0 saturated carbocycles. The van der Waals surface area contributed by atoms with Gasteiger partial charge in [-0.25, -0.2) is 0 Å². The predicted octanol–water partition coefficient (Wildman–Crippen LogP) is 3.83. The molecule has 0 unspecified atom stereocenters. The number of halogens is 1. The lowest BCUT2D eigenvalue weighted by atomic mass is 9.66. The number of rotatable bonds is 8. The monoisotopic (exact) mass is 529 g/mol. The molecule has 0 bridgehead atoms. The van der Waals surface area contributed by atoms with Crippen LogP contribution in [-0.2, 0) is 19.9 Å². The lowest BCUT2D eigenvalue weighted by Crippen LogP contribution is -2.60. The number of anilines is 1. The molecule has 200 valence electrons. The summed E-state index contributed by atoms with van der Waals surface area (Å²) < 4.78 is 4.85. The van der Waals surface area contributed by atoms with Crippen molar-refractivity contribution in [3.63, 3.8) is 0 Å². The van der Waals surface area contributed by atoms with Crippen molar-refractivity contribution in [3.8, 4) is 0 Å². The average Bonchev–Trinajstić information content (AvgIpc) is 2.84. The summed E-state index contributed by atoms with van der Waals surface area (Å²) in [4.78, 5) is 40.6. The summed E-state index contributed by atoms with van der Waals surface area (Å²) in [6.45, 7) is 8.11. The Hall–Kier alpha value is -2.94. The predicted molar refractivity (Wildman–Crippen MR) is 143 cm³/mol. The van der Waals surface area contributed by atoms with E-state index in [1.807, 2.05) is 39.8 Å². The van der Waals surface area contributed by atoms with Crippen LogP contribution in [0.3, 0.4) is 0 Å². The molecule has 37 heavy (non-hydrogen) atoms. The van der Waals surface area contributed by atoms with Gasteiger partial charge in [0.2, 0.25) is 11.8 Å². The maximum atomic E-state index is 13.7. The van der Waals surface area contributed by atoms with Crippen LogP contribution in [0.2, 0.25) is 5.02 Å². The van der Waals surface area contributed by atoms with Gasteiger partial charge in [-0.15, -0.1) is 0 Å². The number of benzene rings is 2. The van der Waals surface area contributed by atoms with Crippen molar-refractivity contribution in [1.82, 2.24) is 10.2 Å². The van der Waals surface area contributed by atoms with Crippen LogP contribution in [0, 0.1) is 11.3 Å². The fourth-order valence-electron chi connectivity index (χ4n) is 4.81. The van der Waals surface area contributed by atoms with E-state index in [2.05, 4.69) is 10.6 Å². The highest BCUT2D eigenvalue weighted by atomic mass is 35.5. The molecular weight excluding hydrogens is 494 g/mol. The summed E-state index contributed by atoms with van der Waals surface area (Å²) in [5.74, 6) is -1.25. The van der Waals surface area contributed by atoms with Crippen molar-refractivity contribution in [2.24, 2.45) is 11.3 Å². The van der Waals surface area contributed by atoms with Crippen molar-refractivity contribution in [1.29, 1.82) is 0 Å². The van der Waals surface area contributed by atoms with Crippen LogP contribution in [0.5, 0.6) is 0 Å². The van der Waals surface area contributed by atoms with E-state index in [1.54, 1.807) is 41.3 Å². The highest BCUT2D eigenvalue weighted by Crippen LogP contribution is 2.46. The molecule has 3 N–H and O–H groups in total. The molecule has 1 fully saturated rings. The molecule has 1 aliphatic rings. The van der Waals surface area contributed by atoms with E-state index in [-0.39, 0.29) is 29.9 Å². The summed E-state index contributed by atoms with van der Waals surface area (Å²) in [5, 5.41) is 17.8. The molecule has 0 aromatic heterocycles. The molecule has 0 radical (unpaired) electrons. The number of piperidine rings is 1. The number of hydrogen-bond acceptors (Lipinski definition) is 5. The van der Waals surface area contributed by atoms with E-state index in [0.717, 1.165) is 5.56 Å². The van der Waals surface area contributed by atoms with Crippen LogP contribution in [0.15, 0.2) is 48.5 Å². The highest BCUT2D eigenvalue weighted by Gasteiger charge is 2.50. The Morgan fingerprint density at radius 3 is 2.35 bits per heavy atom. The van der Waals surface area contributed by atoms with E-state index in [9.17, 15) is 19.5 Å². The van der Waals surface area contributed by atoms with Gasteiger partial charge in [0, 0.05) is 30.6 Å². The van der Waals surface area contributed by atoms with E-state index >= 15 is 0 Å². The molecule has 9 heteroatoms. The number of ether oxygens (including phenoxy) is 1. The third kappa shape index (κ3) is 6.32. The molecule has 0 aliphatic carbocycles. The van der Waals surface area contributed by atoms with Gasteiger partial charge in [-0.3, -0.25) is 14.4 Å². The Bertz CT molecular complexity index is 1130. The topological polar surface area (TPSA) is 108 Å². The van der Waals surface area contributed by atoms with Crippen LogP contribution in [0.4, 0.5) is 5.69 Å². The Balaban J connectivity index is 1.77. The first-order chi connectivity index (χ1) is 17.4. The molecule has 3 rings (SSSR count). The summed E-state index contributed by atoms with van der Waals surface area (Å²) in [5.41, 5.74) is -0.441. The lowest BCUT2D eigenvalue weighted by Gasteiger charge is -2.51. The maximum Gasteiger partial charge on any atom is 0.254 e. The molecule has 1 saturated heterocycles. The van der Waals surface area contributed by atoms with Crippen molar-refractivity contribution in [2.75, 3.05) is 32.1 Å². The number of amides is 3. The molecule has 2 aromatic carbocycles. The van der Waals surface area contributed by atoms with Crippen LogP contribution in [0.1, 0.15) is 50.0 Å². The Kier molecular flexibility index (Phi) is 9.00.